The number of hydrogen-bond donors (Lipinski definition) is 2. The first kappa shape index (κ1) is 16.6. The normalized spacial score (nSPS) is 20.0. The van der Waals surface area contributed by atoms with Crippen LogP contribution in [0.4, 0.5) is 10.5 Å². The lowest BCUT2D eigenvalue weighted by Crippen LogP contribution is -2.40. The quantitative estimate of drug-likeness (QED) is 0.878. The lowest BCUT2D eigenvalue weighted by Gasteiger charge is -2.23. The van der Waals surface area contributed by atoms with Crippen molar-refractivity contribution < 1.29 is 14.6 Å². The Morgan fingerprint density at radius 2 is 1.75 bits per heavy atom. The number of aliphatic hydroxyl groups is 1. The van der Waals surface area contributed by atoms with E-state index in [4.69, 9.17) is 16.3 Å². The summed E-state index contributed by atoms with van der Waals surface area (Å²) in [5.41, 5.74) is 0.678. The molecule has 0 radical (unpaired) electrons. The van der Waals surface area contributed by atoms with E-state index in [9.17, 15) is 9.90 Å². The van der Waals surface area contributed by atoms with E-state index in [-0.39, 0.29) is 12.1 Å². The van der Waals surface area contributed by atoms with E-state index in [2.05, 4.69) is 5.32 Å². The Bertz CT molecular complexity index is 703. The molecule has 2 amide bonds. The van der Waals surface area contributed by atoms with Crippen LogP contribution in [0.2, 0.25) is 5.02 Å². The molecule has 126 valence electrons. The molecule has 24 heavy (non-hydrogen) atoms. The summed E-state index contributed by atoms with van der Waals surface area (Å²) < 4.78 is 5.71. The van der Waals surface area contributed by atoms with Crippen molar-refractivity contribution in [2.75, 3.05) is 11.9 Å². The van der Waals surface area contributed by atoms with Gasteiger partial charge in [0, 0.05) is 17.3 Å². The number of benzene rings is 2. The lowest BCUT2D eigenvalue weighted by molar-refractivity contribution is 0.135. The number of halogens is 1. The Labute approximate surface area is 145 Å². The van der Waals surface area contributed by atoms with Gasteiger partial charge in [-0.05, 0) is 61.9 Å². The Hall–Kier alpha value is -2.24. The molecule has 0 bridgehead atoms. The van der Waals surface area contributed by atoms with Gasteiger partial charge < -0.3 is 20.1 Å². The first-order valence-corrected chi connectivity index (χ1v) is 8.20. The van der Waals surface area contributed by atoms with E-state index in [0.717, 1.165) is 0 Å². The summed E-state index contributed by atoms with van der Waals surface area (Å²) in [6, 6.07) is 13.9. The maximum atomic E-state index is 12.2. The fourth-order valence-corrected chi connectivity index (χ4v) is 2.78. The van der Waals surface area contributed by atoms with Crippen LogP contribution in [0.1, 0.15) is 13.3 Å². The summed E-state index contributed by atoms with van der Waals surface area (Å²) in [7, 11) is 0. The van der Waals surface area contributed by atoms with Gasteiger partial charge in [0.05, 0.1) is 12.1 Å². The minimum Gasteiger partial charge on any atom is -0.457 e. The molecule has 6 heteroatoms. The van der Waals surface area contributed by atoms with Gasteiger partial charge in [0.25, 0.3) is 0 Å². The molecule has 2 atom stereocenters. The predicted octanol–water partition coefficient (Wildman–Crippen LogP) is 4.12. The van der Waals surface area contributed by atoms with Gasteiger partial charge in [-0.15, -0.1) is 0 Å². The first-order valence-electron chi connectivity index (χ1n) is 7.82. The third-order valence-electron chi connectivity index (χ3n) is 4.13. The molecule has 0 aromatic heterocycles. The van der Waals surface area contributed by atoms with Crippen LogP contribution in [0, 0.1) is 0 Å². The van der Waals surface area contributed by atoms with Gasteiger partial charge >= 0.3 is 6.03 Å². The SMILES string of the molecule is C[C@@H]1[C@H](O)CCN1C(=O)Nc1ccc(Oc2ccc(Cl)cc2)cc1. The van der Waals surface area contributed by atoms with E-state index >= 15 is 0 Å². The van der Waals surface area contributed by atoms with Crippen molar-refractivity contribution in [3.05, 3.63) is 53.6 Å². The topological polar surface area (TPSA) is 61.8 Å². The Morgan fingerprint density at radius 1 is 1.17 bits per heavy atom. The molecule has 1 heterocycles. The van der Waals surface area contributed by atoms with Crippen LogP contribution in [-0.2, 0) is 0 Å². The zero-order valence-corrected chi connectivity index (χ0v) is 14.0. The highest BCUT2D eigenvalue weighted by molar-refractivity contribution is 6.30. The molecule has 1 aliphatic rings. The van der Waals surface area contributed by atoms with E-state index in [0.29, 0.717) is 35.2 Å². The number of hydrogen-bond acceptors (Lipinski definition) is 3. The molecular weight excluding hydrogens is 328 g/mol. The van der Waals surface area contributed by atoms with Gasteiger partial charge in [-0.3, -0.25) is 0 Å². The third kappa shape index (κ3) is 3.80. The minimum absolute atomic E-state index is 0.169. The fraction of sp³-hybridized carbons (Fsp3) is 0.278. The van der Waals surface area contributed by atoms with Crippen molar-refractivity contribution in [2.45, 2.75) is 25.5 Å². The van der Waals surface area contributed by atoms with Gasteiger partial charge in [-0.25, -0.2) is 4.79 Å². The van der Waals surface area contributed by atoms with Crippen molar-refractivity contribution in [1.82, 2.24) is 4.90 Å². The van der Waals surface area contributed by atoms with Crippen LogP contribution in [-0.4, -0.2) is 34.7 Å². The number of rotatable bonds is 3. The first-order chi connectivity index (χ1) is 11.5. The van der Waals surface area contributed by atoms with Gasteiger partial charge in [-0.2, -0.15) is 0 Å². The highest BCUT2D eigenvalue weighted by Crippen LogP contribution is 2.25. The number of urea groups is 1. The number of carbonyl (C=O) groups excluding carboxylic acids is 1. The number of aliphatic hydroxyl groups excluding tert-OH is 1. The highest BCUT2D eigenvalue weighted by Gasteiger charge is 2.32. The summed E-state index contributed by atoms with van der Waals surface area (Å²) in [6.07, 6.45) is 0.161. The summed E-state index contributed by atoms with van der Waals surface area (Å²) in [6.45, 7) is 2.41. The van der Waals surface area contributed by atoms with Crippen molar-refractivity contribution in [2.24, 2.45) is 0 Å². The van der Waals surface area contributed by atoms with Crippen molar-refractivity contribution in [3.8, 4) is 11.5 Å². The molecule has 0 aliphatic carbocycles. The van der Waals surface area contributed by atoms with Crippen LogP contribution in [0.3, 0.4) is 0 Å². The van der Waals surface area contributed by atoms with Crippen molar-refractivity contribution in [1.29, 1.82) is 0 Å². The highest BCUT2D eigenvalue weighted by atomic mass is 35.5. The monoisotopic (exact) mass is 346 g/mol. The summed E-state index contributed by atoms with van der Waals surface area (Å²) in [4.78, 5) is 13.9. The number of amides is 2. The van der Waals surface area contributed by atoms with Crippen LogP contribution in [0.15, 0.2) is 48.5 Å². The van der Waals surface area contributed by atoms with Gasteiger partial charge in [0.15, 0.2) is 0 Å². The molecule has 3 rings (SSSR count). The molecule has 1 fully saturated rings. The molecule has 2 N–H and O–H groups in total. The molecule has 0 saturated carbocycles. The van der Waals surface area contributed by atoms with Gasteiger partial charge in [0.2, 0.25) is 0 Å². The smallest absolute Gasteiger partial charge is 0.322 e. The Kier molecular flexibility index (Phi) is 4.92. The lowest BCUT2D eigenvalue weighted by atomic mass is 10.2. The summed E-state index contributed by atoms with van der Waals surface area (Å²) in [5, 5.41) is 13.2. The molecule has 1 saturated heterocycles. The second-order valence-corrected chi connectivity index (χ2v) is 6.24. The maximum absolute atomic E-state index is 12.2. The maximum Gasteiger partial charge on any atom is 0.322 e. The van der Waals surface area contributed by atoms with Gasteiger partial charge in [-0.1, -0.05) is 11.6 Å². The van der Waals surface area contributed by atoms with E-state index in [1.165, 1.54) is 0 Å². The molecule has 2 aromatic rings. The predicted molar refractivity (Wildman–Crippen MR) is 93.8 cm³/mol. The van der Waals surface area contributed by atoms with Crippen LogP contribution in [0.5, 0.6) is 11.5 Å². The number of ether oxygens (including phenoxy) is 1. The summed E-state index contributed by atoms with van der Waals surface area (Å²) in [5.74, 6) is 1.36. The number of nitrogens with one attached hydrogen (secondary N) is 1. The molecular formula is C18H19ClN2O3. The number of anilines is 1. The zero-order valence-electron chi connectivity index (χ0n) is 13.3. The number of likely N-dealkylation sites (tertiary alicyclic amines) is 1. The number of carbonyl (C=O) groups is 1. The fourth-order valence-electron chi connectivity index (χ4n) is 2.65. The molecule has 0 spiro atoms. The largest absolute Gasteiger partial charge is 0.457 e. The summed E-state index contributed by atoms with van der Waals surface area (Å²) >= 11 is 5.84. The zero-order chi connectivity index (χ0) is 17.1. The molecule has 1 aliphatic heterocycles. The average Bonchev–Trinajstić information content (AvgIpc) is 2.91. The second-order valence-electron chi connectivity index (χ2n) is 5.80. The average molecular weight is 347 g/mol. The van der Waals surface area contributed by atoms with Crippen molar-refractivity contribution in [3.63, 3.8) is 0 Å². The van der Waals surface area contributed by atoms with E-state index in [1.54, 1.807) is 53.4 Å². The van der Waals surface area contributed by atoms with Crippen molar-refractivity contribution >= 4 is 23.3 Å². The standard InChI is InChI=1S/C18H19ClN2O3/c1-12-17(22)10-11-21(12)18(23)20-14-4-8-16(9-5-14)24-15-6-2-13(19)3-7-15/h2-9,12,17,22H,10-11H2,1H3,(H,20,23)/t12-,17-/m1/s1. The molecule has 5 nitrogen and oxygen atoms in total. The van der Waals surface area contributed by atoms with E-state index in [1.807, 2.05) is 6.92 Å². The molecule has 0 unspecified atom stereocenters. The Morgan fingerprint density at radius 3 is 2.29 bits per heavy atom. The number of nitrogens with zero attached hydrogens (tertiary/aromatic N) is 1. The second kappa shape index (κ2) is 7.11. The Balaban J connectivity index is 1.60. The third-order valence-corrected chi connectivity index (χ3v) is 4.38. The molecule has 2 aromatic carbocycles. The van der Waals surface area contributed by atoms with Crippen LogP contribution in [0.25, 0.3) is 0 Å². The van der Waals surface area contributed by atoms with Gasteiger partial charge in [0.1, 0.15) is 11.5 Å². The van der Waals surface area contributed by atoms with Crippen LogP contribution >= 0.6 is 11.6 Å². The minimum atomic E-state index is -0.453. The van der Waals surface area contributed by atoms with Crippen LogP contribution < -0.4 is 10.1 Å². The van der Waals surface area contributed by atoms with E-state index < -0.39 is 6.10 Å².